The number of ether oxygens (including phenoxy) is 3. The standard InChI is InChI=1S/C35H27F3N2O6S/c1-4-45-33(42)29-30(20-9-6-5-7-10-20)39-34-40(31(29)22-13-15-26(43-2)27(18-22)44-3)32(41)28(47-34)19-24-14-16-25(46-24)21-11-8-12-23(17-21)35(36,37)38/h5-19,31H,4H2,1-3H3/b28-19+/t31-/m1/s1. The van der Waals surface area contributed by atoms with Gasteiger partial charge in [0.15, 0.2) is 16.3 Å². The first kappa shape index (κ1) is 31.6. The second-order valence-electron chi connectivity index (χ2n) is 10.3. The van der Waals surface area contributed by atoms with Crippen molar-refractivity contribution in [2.24, 2.45) is 4.99 Å². The molecule has 5 aromatic rings. The average molecular weight is 661 g/mol. The molecule has 0 saturated heterocycles. The highest BCUT2D eigenvalue weighted by atomic mass is 32.1. The van der Waals surface area contributed by atoms with Gasteiger partial charge >= 0.3 is 12.1 Å². The number of carbonyl (C=O) groups excluding carboxylic acids is 1. The minimum Gasteiger partial charge on any atom is -0.493 e. The molecule has 240 valence electrons. The van der Waals surface area contributed by atoms with Crippen LogP contribution in [0.4, 0.5) is 13.2 Å². The largest absolute Gasteiger partial charge is 0.493 e. The molecule has 0 N–H and O–H groups in total. The van der Waals surface area contributed by atoms with E-state index in [1.807, 2.05) is 30.3 Å². The second-order valence-corrected chi connectivity index (χ2v) is 11.3. The molecule has 0 spiro atoms. The number of hydrogen-bond donors (Lipinski definition) is 0. The Labute approximate surface area is 270 Å². The van der Waals surface area contributed by atoms with Crippen molar-refractivity contribution in [2.45, 2.75) is 19.1 Å². The lowest BCUT2D eigenvalue weighted by Crippen LogP contribution is -2.40. The van der Waals surface area contributed by atoms with Crippen molar-refractivity contribution in [1.29, 1.82) is 0 Å². The average Bonchev–Trinajstić information content (AvgIpc) is 3.67. The fourth-order valence-corrected chi connectivity index (χ4v) is 6.32. The number of thiazole rings is 1. The minimum atomic E-state index is -4.51. The highest BCUT2D eigenvalue weighted by molar-refractivity contribution is 7.07. The van der Waals surface area contributed by atoms with E-state index in [0.29, 0.717) is 33.1 Å². The molecule has 1 aliphatic rings. The molecule has 0 aliphatic carbocycles. The molecule has 47 heavy (non-hydrogen) atoms. The van der Waals surface area contributed by atoms with Gasteiger partial charge in [-0.15, -0.1) is 0 Å². The third-order valence-corrected chi connectivity index (χ3v) is 8.45. The summed E-state index contributed by atoms with van der Waals surface area (Å²) in [7, 11) is 2.99. The van der Waals surface area contributed by atoms with E-state index in [4.69, 9.17) is 23.6 Å². The van der Waals surface area contributed by atoms with Gasteiger partial charge in [-0.3, -0.25) is 9.36 Å². The van der Waals surface area contributed by atoms with Crippen molar-refractivity contribution >= 4 is 29.1 Å². The van der Waals surface area contributed by atoms with Gasteiger partial charge in [0.1, 0.15) is 11.5 Å². The maximum atomic E-state index is 14.2. The molecule has 0 fully saturated rings. The van der Waals surface area contributed by atoms with Crippen LogP contribution in [0.25, 0.3) is 23.1 Å². The third kappa shape index (κ3) is 6.11. The summed E-state index contributed by atoms with van der Waals surface area (Å²) in [5.41, 5.74) is 0.681. The zero-order valence-corrected chi connectivity index (χ0v) is 26.1. The van der Waals surface area contributed by atoms with E-state index in [9.17, 15) is 22.8 Å². The normalized spacial score (nSPS) is 14.9. The summed E-state index contributed by atoms with van der Waals surface area (Å²) in [5, 5.41) is 0. The van der Waals surface area contributed by atoms with Crippen molar-refractivity contribution in [3.05, 3.63) is 133 Å². The van der Waals surface area contributed by atoms with E-state index in [2.05, 4.69) is 0 Å². The van der Waals surface area contributed by atoms with Crippen LogP contribution in [0, 0.1) is 0 Å². The lowest BCUT2D eigenvalue weighted by molar-refractivity contribution is -0.139. The highest BCUT2D eigenvalue weighted by Gasteiger charge is 2.36. The SMILES string of the molecule is CCOC(=O)C1=C(c2ccccc2)N=c2s/c(=C/c3ccc(-c4cccc(C(F)(F)F)c4)o3)c(=O)n2[C@@H]1c1ccc(OC)c(OC)c1. The summed E-state index contributed by atoms with van der Waals surface area (Å²) in [6.45, 7) is 1.79. The quantitative estimate of drug-likeness (QED) is 0.183. The van der Waals surface area contributed by atoms with Crippen molar-refractivity contribution in [1.82, 2.24) is 4.57 Å². The maximum absolute atomic E-state index is 14.2. The van der Waals surface area contributed by atoms with E-state index < -0.39 is 29.3 Å². The lowest BCUT2D eigenvalue weighted by atomic mass is 9.93. The van der Waals surface area contributed by atoms with Gasteiger partial charge in [0, 0.05) is 17.2 Å². The number of nitrogens with zero attached hydrogens (tertiary/aromatic N) is 2. The van der Waals surface area contributed by atoms with Crippen LogP contribution in [-0.2, 0) is 15.7 Å². The fraction of sp³-hybridized carbons (Fsp3) is 0.171. The van der Waals surface area contributed by atoms with Crippen LogP contribution in [-0.4, -0.2) is 31.4 Å². The topological polar surface area (TPSA) is 92.3 Å². The third-order valence-electron chi connectivity index (χ3n) is 7.47. The Balaban J connectivity index is 1.55. The smallest absolute Gasteiger partial charge is 0.416 e. The van der Waals surface area contributed by atoms with Crippen LogP contribution in [0.3, 0.4) is 0 Å². The van der Waals surface area contributed by atoms with Gasteiger partial charge in [-0.25, -0.2) is 9.79 Å². The summed E-state index contributed by atoms with van der Waals surface area (Å²) in [5.74, 6) is 0.669. The highest BCUT2D eigenvalue weighted by Crippen LogP contribution is 2.38. The Morgan fingerprint density at radius 3 is 2.40 bits per heavy atom. The minimum absolute atomic E-state index is 0.0974. The zero-order chi connectivity index (χ0) is 33.3. The number of carbonyl (C=O) groups is 1. The van der Waals surface area contributed by atoms with Crippen molar-refractivity contribution in [2.75, 3.05) is 20.8 Å². The number of rotatable bonds is 8. The lowest BCUT2D eigenvalue weighted by Gasteiger charge is -2.26. The van der Waals surface area contributed by atoms with Gasteiger partial charge in [0.25, 0.3) is 5.56 Å². The summed E-state index contributed by atoms with van der Waals surface area (Å²) in [4.78, 5) is 33.0. The van der Waals surface area contributed by atoms with Crippen LogP contribution in [0.15, 0.2) is 105 Å². The predicted octanol–water partition coefficient (Wildman–Crippen LogP) is 6.23. The molecule has 0 bridgehead atoms. The number of aromatic nitrogens is 1. The van der Waals surface area contributed by atoms with Crippen molar-refractivity contribution in [3.8, 4) is 22.8 Å². The number of furan rings is 1. The Morgan fingerprint density at radius 1 is 0.957 bits per heavy atom. The van der Waals surface area contributed by atoms with Crippen LogP contribution < -0.4 is 24.4 Å². The van der Waals surface area contributed by atoms with Crippen molar-refractivity contribution in [3.63, 3.8) is 0 Å². The Bertz CT molecular complexity index is 2180. The van der Waals surface area contributed by atoms with Crippen LogP contribution in [0.5, 0.6) is 11.5 Å². The van der Waals surface area contributed by atoms with Crippen molar-refractivity contribution < 1.29 is 36.6 Å². The molecule has 0 amide bonds. The first-order chi connectivity index (χ1) is 22.6. The Morgan fingerprint density at radius 2 is 1.70 bits per heavy atom. The van der Waals surface area contributed by atoms with Gasteiger partial charge in [0.05, 0.1) is 48.2 Å². The molecular formula is C35H27F3N2O6S. The summed E-state index contributed by atoms with van der Waals surface area (Å²) < 4.78 is 63.9. The molecule has 3 aromatic carbocycles. The number of fused-ring (bicyclic) bond motifs is 1. The van der Waals surface area contributed by atoms with Gasteiger partial charge in [-0.2, -0.15) is 13.2 Å². The summed E-state index contributed by atoms with van der Waals surface area (Å²) in [6, 6.07) is 21.2. The van der Waals surface area contributed by atoms with E-state index in [1.165, 1.54) is 43.1 Å². The Kier molecular flexibility index (Phi) is 8.61. The van der Waals surface area contributed by atoms with E-state index >= 15 is 0 Å². The zero-order valence-electron chi connectivity index (χ0n) is 25.3. The van der Waals surface area contributed by atoms with E-state index in [-0.39, 0.29) is 33.8 Å². The second kappa shape index (κ2) is 12.8. The molecule has 1 aliphatic heterocycles. The van der Waals surface area contributed by atoms with Gasteiger partial charge < -0.3 is 18.6 Å². The number of hydrogen-bond acceptors (Lipinski definition) is 8. The fourth-order valence-electron chi connectivity index (χ4n) is 5.34. The molecule has 12 heteroatoms. The van der Waals surface area contributed by atoms with Crippen LogP contribution in [0.1, 0.15) is 35.4 Å². The van der Waals surface area contributed by atoms with E-state index in [0.717, 1.165) is 23.5 Å². The first-order valence-electron chi connectivity index (χ1n) is 14.4. The number of benzene rings is 3. The molecule has 0 unspecified atom stereocenters. The molecule has 3 heterocycles. The van der Waals surface area contributed by atoms with Gasteiger partial charge in [0.2, 0.25) is 0 Å². The Hall–Kier alpha value is -5.36. The summed E-state index contributed by atoms with van der Waals surface area (Å²) in [6.07, 6.45) is -3.01. The van der Waals surface area contributed by atoms with E-state index in [1.54, 1.807) is 31.2 Å². The first-order valence-corrected chi connectivity index (χ1v) is 15.2. The molecular weight excluding hydrogens is 633 g/mol. The monoisotopic (exact) mass is 660 g/mol. The number of alkyl halides is 3. The van der Waals surface area contributed by atoms with Crippen LogP contribution in [0.2, 0.25) is 0 Å². The summed E-state index contributed by atoms with van der Waals surface area (Å²) >= 11 is 1.09. The number of halogens is 3. The number of esters is 1. The number of methoxy groups -OCH3 is 2. The molecule has 0 radical (unpaired) electrons. The maximum Gasteiger partial charge on any atom is 0.416 e. The predicted molar refractivity (Wildman–Crippen MR) is 170 cm³/mol. The molecule has 8 nitrogen and oxygen atoms in total. The molecule has 1 atom stereocenters. The molecule has 0 saturated carbocycles. The molecule has 6 rings (SSSR count). The molecule has 2 aromatic heterocycles. The van der Waals surface area contributed by atoms with Crippen LogP contribution >= 0.6 is 11.3 Å². The van der Waals surface area contributed by atoms with Gasteiger partial charge in [-0.05, 0) is 48.9 Å². The van der Waals surface area contributed by atoms with Gasteiger partial charge in [-0.1, -0.05) is 59.9 Å².